The molecule has 0 fully saturated rings. The Bertz CT molecular complexity index is 916. The number of nitrogens with two attached hydrogens (primary N) is 1. The van der Waals surface area contributed by atoms with Crippen LogP contribution in [0, 0.1) is 0 Å². The molecule has 1 aliphatic carbocycles. The monoisotopic (exact) mass is 451 g/mol. The summed E-state index contributed by atoms with van der Waals surface area (Å²) in [4.78, 5) is 36.3. The maximum absolute atomic E-state index is 12.9. The predicted molar refractivity (Wildman–Crippen MR) is 125 cm³/mol. The number of alkyl carbamates (subject to hydrolysis) is 1. The first-order valence-corrected chi connectivity index (χ1v) is 11.5. The van der Waals surface area contributed by atoms with E-state index in [1.165, 1.54) is 6.47 Å². The molecule has 1 aliphatic rings. The third-order valence-electron chi connectivity index (χ3n) is 5.98. The van der Waals surface area contributed by atoms with Crippen molar-refractivity contribution in [2.45, 2.75) is 57.1 Å². The fraction of sp³-hybridized carbons (Fsp3) is 0.423. The van der Waals surface area contributed by atoms with Crippen LogP contribution >= 0.6 is 0 Å². The highest BCUT2D eigenvalue weighted by Crippen LogP contribution is 2.44. The molecule has 0 aliphatic heterocycles. The van der Waals surface area contributed by atoms with Gasteiger partial charge in [-0.3, -0.25) is 4.79 Å². The fourth-order valence-corrected chi connectivity index (χ4v) is 4.36. The molecule has 2 aromatic carbocycles. The van der Waals surface area contributed by atoms with Crippen LogP contribution in [-0.4, -0.2) is 43.6 Å². The van der Waals surface area contributed by atoms with Crippen LogP contribution in [0.4, 0.5) is 4.79 Å². The van der Waals surface area contributed by atoms with Crippen molar-refractivity contribution in [2.75, 3.05) is 13.2 Å². The van der Waals surface area contributed by atoms with E-state index in [9.17, 15) is 14.4 Å². The Labute approximate surface area is 194 Å². The summed E-state index contributed by atoms with van der Waals surface area (Å²) in [7, 11) is 0. The van der Waals surface area contributed by atoms with Gasteiger partial charge in [0.05, 0.1) is 6.04 Å². The van der Waals surface area contributed by atoms with Crippen LogP contribution in [0.3, 0.4) is 0 Å². The van der Waals surface area contributed by atoms with Crippen molar-refractivity contribution in [1.82, 2.24) is 5.32 Å². The number of benzene rings is 2. The summed E-state index contributed by atoms with van der Waals surface area (Å²) in [6.45, 7) is 3.88. The number of carbonyl (C=O) groups excluding carboxylic acids is 3. The number of hydrogen-bond acceptors (Lipinski definition) is 6. The Kier molecular flexibility index (Phi) is 9.01. The van der Waals surface area contributed by atoms with Crippen LogP contribution in [-0.2, 0) is 19.1 Å². The Morgan fingerprint density at radius 2 is 1.67 bits per heavy atom. The Hall–Kier alpha value is -3.19. The van der Waals surface area contributed by atoms with Gasteiger partial charge >= 0.3 is 12.6 Å². The van der Waals surface area contributed by atoms with Gasteiger partial charge in [0, 0.05) is 5.92 Å². The zero-order valence-corrected chi connectivity index (χ0v) is 18.9. The molecule has 0 aromatic heterocycles. The van der Waals surface area contributed by atoms with E-state index in [4.69, 9.17) is 15.2 Å². The highest BCUT2D eigenvalue weighted by Gasteiger charge is 2.31. The number of nitrogens with one attached hydrogen (secondary N) is 1. The zero-order valence-electron chi connectivity index (χ0n) is 18.9. The lowest BCUT2D eigenvalue weighted by molar-refractivity contribution is -0.129. The molecular formula is C26H31N2O5. The SMILES string of the molecule is CCCC(O[C]=O)C(=O)[C@H](CCCCN)NC(=O)OCC1c2ccccc2-c2ccccc21. The first-order chi connectivity index (χ1) is 16.1. The van der Waals surface area contributed by atoms with Crippen molar-refractivity contribution in [3.8, 4) is 11.1 Å². The highest BCUT2D eigenvalue weighted by atomic mass is 16.5. The van der Waals surface area contributed by atoms with E-state index < -0.39 is 18.2 Å². The van der Waals surface area contributed by atoms with Gasteiger partial charge in [-0.25, -0.2) is 9.59 Å². The zero-order chi connectivity index (χ0) is 23.6. The average Bonchev–Trinajstić information content (AvgIpc) is 3.15. The summed E-state index contributed by atoms with van der Waals surface area (Å²) < 4.78 is 10.4. The second kappa shape index (κ2) is 12.2. The number of Topliss-reactive ketones (excluding diaryl/α,β-unsaturated/α-hetero) is 1. The van der Waals surface area contributed by atoms with Gasteiger partial charge in [0.25, 0.3) is 0 Å². The van der Waals surface area contributed by atoms with Crippen LogP contribution in [0.2, 0.25) is 0 Å². The van der Waals surface area contributed by atoms with Crippen molar-refractivity contribution < 1.29 is 23.9 Å². The molecule has 3 N–H and O–H groups in total. The topological polar surface area (TPSA) is 108 Å². The van der Waals surface area contributed by atoms with Gasteiger partial charge in [-0.15, -0.1) is 0 Å². The number of amides is 1. The number of hydrogen-bond donors (Lipinski definition) is 2. The molecule has 2 atom stereocenters. The molecule has 3 rings (SSSR count). The lowest BCUT2D eigenvalue weighted by Crippen LogP contribution is -2.46. The van der Waals surface area contributed by atoms with Crippen LogP contribution in [0.1, 0.15) is 56.1 Å². The molecule has 33 heavy (non-hydrogen) atoms. The number of ketones is 1. The van der Waals surface area contributed by atoms with E-state index >= 15 is 0 Å². The van der Waals surface area contributed by atoms with Gasteiger partial charge < -0.3 is 20.5 Å². The second-order valence-electron chi connectivity index (χ2n) is 8.19. The standard InChI is InChI=1S/C26H31N2O5/c1-2-9-24(33-17-29)25(30)23(14-7-8-15-27)28-26(31)32-16-22-20-12-5-3-10-18(20)19-11-4-6-13-21(19)22/h3-6,10-13,22-24H,2,7-9,14-16,27H2,1H3,(H,28,31)/t23-,24?/m0/s1. The molecule has 0 bridgehead atoms. The highest BCUT2D eigenvalue weighted by molar-refractivity contribution is 5.91. The first kappa shape index (κ1) is 24.5. The number of carbonyl (C=O) groups is 2. The quantitative estimate of drug-likeness (QED) is 0.448. The van der Waals surface area contributed by atoms with Crippen molar-refractivity contribution in [3.63, 3.8) is 0 Å². The Balaban J connectivity index is 1.67. The minimum absolute atomic E-state index is 0.0737. The largest absolute Gasteiger partial charge is 0.449 e. The second-order valence-corrected chi connectivity index (χ2v) is 8.19. The molecule has 0 heterocycles. The average molecular weight is 452 g/mol. The fourth-order valence-electron chi connectivity index (χ4n) is 4.36. The summed E-state index contributed by atoms with van der Waals surface area (Å²) in [6, 6.07) is 15.3. The molecule has 175 valence electrons. The van der Waals surface area contributed by atoms with Crippen molar-refractivity contribution >= 4 is 18.3 Å². The molecule has 2 aromatic rings. The minimum Gasteiger partial charge on any atom is -0.449 e. The van der Waals surface area contributed by atoms with Gasteiger partial charge in [-0.2, -0.15) is 0 Å². The molecular weight excluding hydrogens is 420 g/mol. The maximum atomic E-state index is 12.9. The van der Waals surface area contributed by atoms with E-state index in [1.807, 2.05) is 43.3 Å². The lowest BCUT2D eigenvalue weighted by Gasteiger charge is -2.22. The lowest BCUT2D eigenvalue weighted by atomic mass is 9.98. The van der Waals surface area contributed by atoms with Crippen LogP contribution in [0.5, 0.6) is 0 Å². The normalized spacial score (nSPS) is 14.0. The molecule has 1 radical (unpaired) electrons. The van der Waals surface area contributed by atoms with Gasteiger partial charge in [0.2, 0.25) is 0 Å². The molecule has 0 saturated carbocycles. The third kappa shape index (κ3) is 5.99. The first-order valence-electron chi connectivity index (χ1n) is 11.5. The van der Waals surface area contributed by atoms with Crippen LogP contribution in [0.15, 0.2) is 48.5 Å². The van der Waals surface area contributed by atoms with E-state index in [0.29, 0.717) is 32.2 Å². The van der Waals surface area contributed by atoms with Crippen molar-refractivity contribution in [3.05, 3.63) is 59.7 Å². The van der Waals surface area contributed by atoms with Gasteiger partial charge in [0.15, 0.2) is 11.9 Å². The van der Waals surface area contributed by atoms with E-state index in [0.717, 1.165) is 28.7 Å². The molecule has 1 amide bonds. The predicted octanol–water partition coefficient (Wildman–Crippen LogP) is 3.84. The van der Waals surface area contributed by atoms with E-state index in [1.54, 1.807) is 0 Å². The molecule has 0 saturated heterocycles. The summed E-state index contributed by atoms with van der Waals surface area (Å²) >= 11 is 0. The number of fused-ring (bicyclic) bond motifs is 3. The van der Waals surface area contributed by atoms with Crippen molar-refractivity contribution in [2.24, 2.45) is 5.73 Å². The minimum atomic E-state index is -0.940. The number of unbranched alkanes of at least 4 members (excludes halogenated alkanes) is 1. The third-order valence-corrected chi connectivity index (χ3v) is 5.98. The summed E-state index contributed by atoms with van der Waals surface area (Å²) in [6.07, 6.45) is 1.17. The smallest absolute Gasteiger partial charge is 0.418 e. The number of rotatable bonds is 13. The summed E-state index contributed by atoms with van der Waals surface area (Å²) in [5, 5.41) is 2.68. The van der Waals surface area contributed by atoms with Crippen LogP contribution in [0.25, 0.3) is 11.1 Å². The summed E-state index contributed by atoms with van der Waals surface area (Å²) in [5.41, 5.74) is 10.1. The van der Waals surface area contributed by atoms with Gasteiger partial charge in [-0.1, -0.05) is 61.9 Å². The van der Waals surface area contributed by atoms with Crippen LogP contribution < -0.4 is 11.1 Å². The van der Waals surface area contributed by atoms with Crippen molar-refractivity contribution in [1.29, 1.82) is 0 Å². The van der Waals surface area contributed by atoms with E-state index in [-0.39, 0.29) is 18.3 Å². The summed E-state index contributed by atoms with van der Waals surface area (Å²) in [5.74, 6) is -0.430. The molecule has 1 unspecified atom stereocenters. The maximum Gasteiger partial charge on any atom is 0.418 e. The van der Waals surface area contributed by atoms with Gasteiger partial charge in [0.1, 0.15) is 6.61 Å². The molecule has 7 heteroatoms. The Morgan fingerprint density at radius 1 is 1.03 bits per heavy atom. The molecule has 7 nitrogen and oxygen atoms in total. The number of ether oxygens (including phenoxy) is 2. The Morgan fingerprint density at radius 3 is 2.24 bits per heavy atom. The molecule has 0 spiro atoms. The van der Waals surface area contributed by atoms with Gasteiger partial charge in [-0.05, 0) is 54.5 Å². The van der Waals surface area contributed by atoms with E-state index in [2.05, 4.69) is 17.4 Å².